The number of hydrogen-bond donors (Lipinski definition) is 2. The van der Waals surface area contributed by atoms with Crippen LogP contribution in [0, 0.1) is 0 Å². The summed E-state index contributed by atoms with van der Waals surface area (Å²) in [5, 5.41) is 6.92. The van der Waals surface area contributed by atoms with Gasteiger partial charge in [-0.3, -0.25) is 4.90 Å². The second kappa shape index (κ2) is 14.1. The van der Waals surface area contributed by atoms with Crippen LogP contribution in [0.3, 0.4) is 0 Å². The molecule has 0 aromatic heterocycles. The van der Waals surface area contributed by atoms with Crippen LogP contribution >= 0.6 is 24.0 Å². The summed E-state index contributed by atoms with van der Waals surface area (Å²) in [4.78, 5) is 7.34. The summed E-state index contributed by atoms with van der Waals surface area (Å²) < 4.78 is 16.6. The van der Waals surface area contributed by atoms with E-state index in [4.69, 9.17) is 19.2 Å². The highest BCUT2D eigenvalue weighted by molar-refractivity contribution is 14.0. The number of guanidine groups is 1. The van der Waals surface area contributed by atoms with Gasteiger partial charge in [-0.25, -0.2) is 4.99 Å². The number of methoxy groups -OCH3 is 3. The predicted octanol–water partition coefficient (Wildman–Crippen LogP) is 4.22. The Labute approximate surface area is 214 Å². The van der Waals surface area contributed by atoms with Crippen LogP contribution in [0.15, 0.2) is 47.5 Å². The lowest BCUT2D eigenvalue weighted by atomic mass is 10.0. The molecule has 2 aromatic carbocycles. The largest absolute Gasteiger partial charge is 0.496 e. The summed E-state index contributed by atoms with van der Waals surface area (Å²) in [6.45, 7) is 6.27. The first kappa shape index (κ1) is 27.0. The molecule has 7 nitrogen and oxygen atoms in total. The van der Waals surface area contributed by atoms with Gasteiger partial charge in [0.15, 0.2) is 17.5 Å². The van der Waals surface area contributed by atoms with E-state index in [0.717, 1.165) is 49.2 Å². The molecule has 0 spiro atoms. The Morgan fingerprint density at radius 3 is 2.30 bits per heavy atom. The van der Waals surface area contributed by atoms with E-state index < -0.39 is 0 Å². The Balaban J connectivity index is 0.00000385. The van der Waals surface area contributed by atoms with Gasteiger partial charge in [-0.1, -0.05) is 30.3 Å². The zero-order valence-electron chi connectivity index (χ0n) is 20.1. The van der Waals surface area contributed by atoms with Gasteiger partial charge in [0.2, 0.25) is 0 Å². The first-order valence-electron chi connectivity index (χ1n) is 11.3. The standard InChI is InChI=1S/C25H36N4O3.HI/c1-5-26-25(27-17-19-11-10-14-23(31-3)24(19)32-4)28-18-21(29-15-8-9-16-29)20-12-6-7-13-22(20)30-2;/h6-7,10-14,21H,5,8-9,15-18H2,1-4H3,(H2,26,27,28);1H. The van der Waals surface area contributed by atoms with E-state index in [9.17, 15) is 0 Å². The number of likely N-dealkylation sites (tertiary alicyclic amines) is 1. The van der Waals surface area contributed by atoms with Gasteiger partial charge in [0.25, 0.3) is 0 Å². The highest BCUT2D eigenvalue weighted by Crippen LogP contribution is 2.32. The van der Waals surface area contributed by atoms with Crippen molar-refractivity contribution in [2.75, 3.05) is 47.5 Å². The number of para-hydroxylation sites is 2. The fraction of sp³-hybridized carbons (Fsp3) is 0.480. The van der Waals surface area contributed by atoms with E-state index in [0.29, 0.717) is 12.3 Å². The van der Waals surface area contributed by atoms with Gasteiger partial charge >= 0.3 is 0 Å². The van der Waals surface area contributed by atoms with Gasteiger partial charge in [-0.05, 0) is 45.0 Å². The number of rotatable bonds is 10. The van der Waals surface area contributed by atoms with E-state index in [1.54, 1.807) is 21.3 Å². The van der Waals surface area contributed by atoms with Crippen molar-refractivity contribution in [1.82, 2.24) is 15.5 Å². The summed E-state index contributed by atoms with van der Waals surface area (Å²) in [5.74, 6) is 3.13. The average molecular weight is 569 g/mol. The molecule has 1 heterocycles. The minimum absolute atomic E-state index is 0. The fourth-order valence-corrected chi connectivity index (χ4v) is 4.21. The molecule has 3 rings (SSSR count). The molecule has 0 amide bonds. The van der Waals surface area contributed by atoms with E-state index in [2.05, 4.69) is 34.6 Å². The third-order valence-corrected chi connectivity index (χ3v) is 5.78. The van der Waals surface area contributed by atoms with E-state index in [1.807, 2.05) is 30.3 Å². The third-order valence-electron chi connectivity index (χ3n) is 5.78. The van der Waals surface area contributed by atoms with Crippen LogP contribution in [0.2, 0.25) is 0 Å². The quantitative estimate of drug-likeness (QED) is 0.254. The molecule has 1 fully saturated rings. The van der Waals surface area contributed by atoms with Crippen LogP contribution in [0.5, 0.6) is 17.2 Å². The lowest BCUT2D eigenvalue weighted by molar-refractivity contribution is 0.239. The Bertz CT molecular complexity index is 888. The van der Waals surface area contributed by atoms with Crippen molar-refractivity contribution in [2.24, 2.45) is 4.99 Å². The molecule has 2 aromatic rings. The summed E-state index contributed by atoms with van der Waals surface area (Å²) >= 11 is 0. The van der Waals surface area contributed by atoms with Crippen molar-refractivity contribution >= 4 is 29.9 Å². The summed E-state index contributed by atoms with van der Waals surface area (Å²) in [6.07, 6.45) is 2.46. The van der Waals surface area contributed by atoms with Crippen LogP contribution in [-0.2, 0) is 6.54 Å². The second-order valence-corrected chi connectivity index (χ2v) is 7.73. The molecule has 1 aliphatic heterocycles. The molecular weight excluding hydrogens is 531 g/mol. The maximum atomic E-state index is 5.67. The molecule has 33 heavy (non-hydrogen) atoms. The van der Waals surface area contributed by atoms with Crippen LogP contribution in [-0.4, -0.2) is 58.4 Å². The average Bonchev–Trinajstić information content (AvgIpc) is 3.37. The molecule has 1 saturated heterocycles. The first-order chi connectivity index (χ1) is 15.7. The molecule has 0 saturated carbocycles. The maximum absolute atomic E-state index is 5.67. The SMILES string of the molecule is CCNC(=NCc1cccc(OC)c1OC)NCC(c1ccccc1OC)N1CCCC1.I. The Morgan fingerprint density at radius 2 is 1.64 bits per heavy atom. The molecule has 182 valence electrons. The zero-order chi connectivity index (χ0) is 22.8. The summed E-state index contributed by atoms with van der Waals surface area (Å²) in [7, 11) is 5.04. The van der Waals surface area contributed by atoms with E-state index >= 15 is 0 Å². The van der Waals surface area contributed by atoms with E-state index in [1.165, 1.54) is 18.4 Å². The van der Waals surface area contributed by atoms with Crippen molar-refractivity contribution in [1.29, 1.82) is 0 Å². The van der Waals surface area contributed by atoms with Crippen LogP contribution < -0.4 is 24.8 Å². The molecule has 0 radical (unpaired) electrons. The van der Waals surface area contributed by atoms with Crippen molar-refractivity contribution in [2.45, 2.75) is 32.4 Å². The first-order valence-corrected chi connectivity index (χ1v) is 11.3. The smallest absolute Gasteiger partial charge is 0.191 e. The summed E-state index contributed by atoms with van der Waals surface area (Å²) in [5.41, 5.74) is 2.18. The van der Waals surface area contributed by atoms with Crippen molar-refractivity contribution < 1.29 is 14.2 Å². The number of hydrogen-bond acceptors (Lipinski definition) is 5. The minimum atomic E-state index is 0. The number of halogens is 1. The van der Waals surface area contributed by atoms with Crippen LogP contribution in [0.25, 0.3) is 0 Å². The lowest BCUT2D eigenvalue weighted by Gasteiger charge is -2.30. The Morgan fingerprint density at radius 1 is 0.939 bits per heavy atom. The number of nitrogens with zero attached hydrogens (tertiary/aromatic N) is 2. The van der Waals surface area contributed by atoms with E-state index in [-0.39, 0.29) is 30.0 Å². The van der Waals surface area contributed by atoms with Crippen molar-refractivity contribution in [3.8, 4) is 17.2 Å². The Kier molecular flexibility index (Phi) is 11.6. The zero-order valence-corrected chi connectivity index (χ0v) is 22.4. The monoisotopic (exact) mass is 568 g/mol. The number of nitrogens with one attached hydrogen (secondary N) is 2. The van der Waals surface area contributed by atoms with Gasteiger partial charge in [-0.15, -0.1) is 24.0 Å². The van der Waals surface area contributed by atoms with Gasteiger partial charge < -0.3 is 24.8 Å². The molecule has 1 atom stereocenters. The molecule has 1 unspecified atom stereocenters. The van der Waals surface area contributed by atoms with Crippen LogP contribution in [0.1, 0.15) is 36.9 Å². The summed E-state index contributed by atoms with van der Waals surface area (Å²) in [6, 6.07) is 14.4. The van der Waals surface area contributed by atoms with Crippen molar-refractivity contribution in [3.63, 3.8) is 0 Å². The molecular formula is C25H37IN4O3. The highest BCUT2D eigenvalue weighted by atomic mass is 127. The van der Waals surface area contributed by atoms with Crippen molar-refractivity contribution in [3.05, 3.63) is 53.6 Å². The third kappa shape index (κ3) is 7.14. The Hall–Kier alpha value is -2.20. The predicted molar refractivity (Wildman–Crippen MR) is 144 cm³/mol. The van der Waals surface area contributed by atoms with Gasteiger partial charge in [-0.2, -0.15) is 0 Å². The van der Waals surface area contributed by atoms with Gasteiger partial charge in [0.05, 0.1) is 33.9 Å². The highest BCUT2D eigenvalue weighted by Gasteiger charge is 2.26. The fourth-order valence-electron chi connectivity index (χ4n) is 4.21. The van der Waals surface area contributed by atoms with Crippen LogP contribution in [0.4, 0.5) is 0 Å². The van der Waals surface area contributed by atoms with Gasteiger partial charge in [0, 0.05) is 24.2 Å². The molecule has 0 aliphatic carbocycles. The van der Waals surface area contributed by atoms with Gasteiger partial charge in [0.1, 0.15) is 5.75 Å². The normalized spacial score (nSPS) is 14.8. The molecule has 8 heteroatoms. The maximum Gasteiger partial charge on any atom is 0.191 e. The lowest BCUT2D eigenvalue weighted by Crippen LogP contribution is -2.42. The number of benzene rings is 2. The number of ether oxygens (including phenoxy) is 3. The molecule has 0 bridgehead atoms. The second-order valence-electron chi connectivity index (χ2n) is 7.73. The molecule has 2 N–H and O–H groups in total. The minimum Gasteiger partial charge on any atom is -0.496 e. The number of aliphatic imine (C=N–C) groups is 1. The molecule has 1 aliphatic rings. The topological polar surface area (TPSA) is 67.4 Å².